The Kier molecular flexibility index (Phi) is 4.30. The molecule has 0 radical (unpaired) electrons. The van der Waals surface area contributed by atoms with Crippen molar-refractivity contribution in [2.24, 2.45) is 0 Å². The van der Waals surface area contributed by atoms with Gasteiger partial charge in [0.15, 0.2) is 5.82 Å². The summed E-state index contributed by atoms with van der Waals surface area (Å²) in [7, 11) is 0. The van der Waals surface area contributed by atoms with Gasteiger partial charge in [0.25, 0.3) is 5.91 Å². The number of anilines is 2. The molecular weight excluding hydrogens is 286 g/mol. The molecule has 2 heterocycles. The number of likely N-dealkylation sites (N-methyl/N-ethyl adjacent to an activating group) is 1. The highest BCUT2D eigenvalue weighted by Crippen LogP contribution is 2.30. The molecule has 1 atom stereocenters. The highest BCUT2D eigenvalue weighted by atomic mass is 32.1. The van der Waals surface area contributed by atoms with E-state index in [0.29, 0.717) is 23.5 Å². The van der Waals surface area contributed by atoms with Crippen LogP contribution >= 0.6 is 11.5 Å². The Balaban J connectivity index is 1.68. The van der Waals surface area contributed by atoms with Crippen molar-refractivity contribution in [2.45, 2.75) is 44.7 Å². The van der Waals surface area contributed by atoms with Gasteiger partial charge in [-0.05, 0) is 50.3 Å². The zero-order chi connectivity index (χ0) is 14.8. The van der Waals surface area contributed by atoms with Crippen molar-refractivity contribution < 1.29 is 4.79 Å². The molecule has 0 bridgehead atoms. The number of nitrogen functional groups attached to an aromatic ring is 1. The molecule has 1 amide bonds. The second-order valence-corrected chi connectivity index (χ2v) is 6.67. The molecule has 21 heavy (non-hydrogen) atoms. The van der Waals surface area contributed by atoms with Crippen LogP contribution in [0.4, 0.5) is 10.8 Å². The maximum absolute atomic E-state index is 12.3. The summed E-state index contributed by atoms with van der Waals surface area (Å²) in [5.41, 5.74) is 6.41. The molecule has 7 heteroatoms. The van der Waals surface area contributed by atoms with E-state index in [9.17, 15) is 4.79 Å². The molecule has 2 aliphatic rings. The number of nitrogens with one attached hydrogen (secondary N) is 2. The smallest absolute Gasteiger partial charge is 0.258 e. The van der Waals surface area contributed by atoms with Crippen molar-refractivity contribution in [1.82, 2.24) is 14.6 Å². The topological polar surface area (TPSA) is 83.3 Å². The SMILES string of the molecule is CCN1CCCC(Nc2snc(N)c2C(=O)NC2CC2)C1. The molecule has 3 rings (SSSR count). The Labute approximate surface area is 129 Å². The minimum atomic E-state index is -0.0885. The quantitative estimate of drug-likeness (QED) is 0.768. The van der Waals surface area contributed by atoms with E-state index < -0.39 is 0 Å². The molecule has 1 aliphatic heterocycles. The number of piperidine rings is 1. The van der Waals surface area contributed by atoms with Gasteiger partial charge in [-0.3, -0.25) is 4.79 Å². The lowest BCUT2D eigenvalue weighted by Gasteiger charge is -2.32. The van der Waals surface area contributed by atoms with Gasteiger partial charge in [-0.15, -0.1) is 0 Å². The van der Waals surface area contributed by atoms with Crippen LogP contribution in [0.25, 0.3) is 0 Å². The monoisotopic (exact) mass is 309 g/mol. The molecule has 2 fully saturated rings. The van der Waals surface area contributed by atoms with Gasteiger partial charge >= 0.3 is 0 Å². The van der Waals surface area contributed by atoms with Crippen molar-refractivity contribution in [1.29, 1.82) is 0 Å². The second-order valence-electron chi connectivity index (χ2n) is 5.90. The molecule has 6 nitrogen and oxygen atoms in total. The van der Waals surface area contributed by atoms with Crippen LogP contribution in [0.5, 0.6) is 0 Å². The zero-order valence-corrected chi connectivity index (χ0v) is 13.2. The maximum Gasteiger partial charge on any atom is 0.258 e. The highest BCUT2D eigenvalue weighted by molar-refractivity contribution is 7.11. The van der Waals surface area contributed by atoms with Crippen LogP contribution in [0.15, 0.2) is 0 Å². The van der Waals surface area contributed by atoms with Crippen molar-refractivity contribution in [3.8, 4) is 0 Å². The Morgan fingerprint density at radius 1 is 1.43 bits per heavy atom. The highest BCUT2D eigenvalue weighted by Gasteiger charge is 2.28. The standard InChI is InChI=1S/C14H23N5OS/c1-2-19-7-3-4-10(8-19)17-14-11(12(15)18-21-14)13(20)16-9-5-6-9/h9-10,17H,2-8H2,1H3,(H2,15,18)(H,16,20). The van der Waals surface area contributed by atoms with Gasteiger partial charge in [0.05, 0.1) is 0 Å². The fourth-order valence-corrected chi connectivity index (χ4v) is 3.54. The summed E-state index contributed by atoms with van der Waals surface area (Å²) in [6, 6.07) is 0.695. The first-order valence-corrected chi connectivity index (χ1v) is 8.49. The number of carbonyl (C=O) groups excluding carboxylic acids is 1. The molecule has 1 aliphatic carbocycles. The second kappa shape index (κ2) is 6.19. The predicted molar refractivity (Wildman–Crippen MR) is 85.8 cm³/mol. The van der Waals surface area contributed by atoms with E-state index in [1.54, 1.807) is 0 Å². The molecule has 0 spiro atoms. The van der Waals surface area contributed by atoms with E-state index in [1.165, 1.54) is 18.0 Å². The van der Waals surface area contributed by atoms with Crippen molar-refractivity contribution in [3.63, 3.8) is 0 Å². The lowest BCUT2D eigenvalue weighted by molar-refractivity contribution is 0.0953. The number of amides is 1. The fourth-order valence-electron chi connectivity index (χ4n) is 2.75. The number of carbonyl (C=O) groups is 1. The fraction of sp³-hybridized carbons (Fsp3) is 0.714. The van der Waals surface area contributed by atoms with Gasteiger partial charge in [-0.1, -0.05) is 6.92 Å². The summed E-state index contributed by atoms with van der Waals surface area (Å²) >= 11 is 1.29. The molecule has 1 aromatic heterocycles. The number of hydrogen-bond donors (Lipinski definition) is 3. The van der Waals surface area contributed by atoms with Gasteiger partial charge in [0.2, 0.25) is 0 Å². The summed E-state index contributed by atoms with van der Waals surface area (Å²) in [4.78, 5) is 14.7. The summed E-state index contributed by atoms with van der Waals surface area (Å²) in [5.74, 6) is 0.248. The van der Waals surface area contributed by atoms with Crippen molar-refractivity contribution >= 4 is 28.3 Å². The average molecular weight is 309 g/mol. The molecule has 1 aromatic rings. The van der Waals surface area contributed by atoms with Gasteiger partial charge in [-0.25, -0.2) is 0 Å². The third-order valence-corrected chi connectivity index (χ3v) is 4.94. The van der Waals surface area contributed by atoms with E-state index in [4.69, 9.17) is 5.73 Å². The largest absolute Gasteiger partial charge is 0.382 e. The summed E-state index contributed by atoms with van der Waals surface area (Å²) in [5, 5.41) is 7.29. The molecular formula is C14H23N5OS. The first-order valence-electron chi connectivity index (χ1n) is 7.72. The summed E-state index contributed by atoms with van der Waals surface area (Å²) in [6.45, 7) is 5.42. The summed E-state index contributed by atoms with van der Waals surface area (Å²) < 4.78 is 4.15. The Morgan fingerprint density at radius 2 is 2.24 bits per heavy atom. The van der Waals surface area contributed by atoms with Crippen LogP contribution in [0.1, 0.15) is 43.0 Å². The normalized spacial score (nSPS) is 23.0. The lowest BCUT2D eigenvalue weighted by atomic mass is 10.1. The Hall–Kier alpha value is -1.34. The molecule has 0 aromatic carbocycles. The van der Waals surface area contributed by atoms with Gasteiger partial charge in [0, 0.05) is 18.6 Å². The van der Waals surface area contributed by atoms with Gasteiger partial charge < -0.3 is 21.3 Å². The van der Waals surface area contributed by atoms with Crippen LogP contribution < -0.4 is 16.4 Å². The molecule has 116 valence electrons. The number of hydrogen-bond acceptors (Lipinski definition) is 6. The number of rotatable bonds is 5. The zero-order valence-electron chi connectivity index (χ0n) is 12.4. The van der Waals surface area contributed by atoms with Crippen LogP contribution in [0.3, 0.4) is 0 Å². The summed E-state index contributed by atoms with van der Waals surface area (Å²) in [6.07, 6.45) is 4.45. The van der Waals surface area contributed by atoms with E-state index in [0.717, 1.165) is 43.9 Å². The first-order chi connectivity index (χ1) is 10.2. The number of likely N-dealkylation sites (tertiary alicyclic amines) is 1. The average Bonchev–Trinajstić information content (AvgIpc) is 3.22. The van der Waals surface area contributed by atoms with Crippen LogP contribution in [0.2, 0.25) is 0 Å². The van der Waals surface area contributed by atoms with E-state index in [2.05, 4.69) is 26.8 Å². The maximum atomic E-state index is 12.3. The minimum Gasteiger partial charge on any atom is -0.382 e. The van der Waals surface area contributed by atoms with Gasteiger partial charge in [0.1, 0.15) is 10.6 Å². The number of aromatic nitrogens is 1. The Morgan fingerprint density at radius 3 is 2.95 bits per heavy atom. The first kappa shape index (κ1) is 14.6. The molecule has 4 N–H and O–H groups in total. The number of nitrogens with two attached hydrogens (primary N) is 1. The van der Waals surface area contributed by atoms with Crippen LogP contribution in [-0.4, -0.2) is 46.9 Å². The third-order valence-electron chi connectivity index (χ3n) is 4.15. The van der Waals surface area contributed by atoms with Crippen molar-refractivity contribution in [3.05, 3.63) is 5.56 Å². The van der Waals surface area contributed by atoms with E-state index in [1.807, 2.05) is 0 Å². The molecule has 1 saturated heterocycles. The van der Waals surface area contributed by atoms with Crippen molar-refractivity contribution in [2.75, 3.05) is 30.7 Å². The Bertz CT molecular complexity index is 513. The molecule has 1 unspecified atom stereocenters. The van der Waals surface area contributed by atoms with Crippen LogP contribution in [-0.2, 0) is 0 Å². The lowest BCUT2D eigenvalue weighted by Crippen LogP contribution is -2.42. The van der Waals surface area contributed by atoms with Gasteiger partial charge in [-0.2, -0.15) is 4.37 Å². The van der Waals surface area contributed by atoms with Crippen LogP contribution in [0, 0.1) is 0 Å². The number of nitrogens with zero attached hydrogens (tertiary/aromatic N) is 2. The predicted octanol–water partition coefficient (Wildman–Crippen LogP) is 1.51. The minimum absolute atomic E-state index is 0.0885. The van der Waals surface area contributed by atoms with E-state index in [-0.39, 0.29) is 5.91 Å². The van der Waals surface area contributed by atoms with E-state index >= 15 is 0 Å². The molecule has 1 saturated carbocycles. The third kappa shape index (κ3) is 3.47.